The van der Waals surface area contributed by atoms with E-state index in [1.165, 1.54) is 0 Å². The molecule has 0 aliphatic heterocycles. The van der Waals surface area contributed by atoms with Gasteiger partial charge in [-0.2, -0.15) is 0 Å². The average molecular weight is 140 g/mol. The Morgan fingerprint density at radius 3 is 2.25 bits per heavy atom. The first-order chi connectivity index (χ1) is 3.31. The molecule has 0 aromatic carbocycles. The Balaban J connectivity index is 0. The molecular formula is C5H11KNO. The molecule has 43 valence electrons. The summed E-state index contributed by atoms with van der Waals surface area (Å²) in [5.74, 6) is 0.127. The van der Waals surface area contributed by atoms with Crippen LogP contribution in [-0.4, -0.2) is 64.3 Å². The van der Waals surface area contributed by atoms with Crippen molar-refractivity contribution in [2.45, 2.75) is 19.8 Å². The van der Waals surface area contributed by atoms with Crippen LogP contribution in [0, 0.1) is 0 Å². The van der Waals surface area contributed by atoms with Crippen LogP contribution in [0.1, 0.15) is 19.8 Å². The fourth-order valence-electron chi connectivity index (χ4n) is 0.352. The Morgan fingerprint density at radius 2 is 2.12 bits per heavy atom. The van der Waals surface area contributed by atoms with Crippen molar-refractivity contribution in [1.82, 2.24) is 5.32 Å². The third-order valence-electron chi connectivity index (χ3n) is 0.756. The van der Waals surface area contributed by atoms with Gasteiger partial charge in [0.05, 0.1) is 0 Å². The number of rotatable bonds is 2. The van der Waals surface area contributed by atoms with Crippen molar-refractivity contribution >= 4 is 57.3 Å². The second kappa shape index (κ2) is 8.11. The smallest absolute Gasteiger partial charge is 0.219 e. The summed E-state index contributed by atoms with van der Waals surface area (Å²) in [7, 11) is 1.65. The zero-order chi connectivity index (χ0) is 5.70. The van der Waals surface area contributed by atoms with E-state index in [-0.39, 0.29) is 57.3 Å². The maximum absolute atomic E-state index is 10.3. The maximum atomic E-state index is 10.3. The molecule has 0 aliphatic rings. The average Bonchev–Trinajstić information content (AvgIpc) is 1.68. The molecule has 3 heteroatoms. The Hall–Kier alpha value is 1.11. The van der Waals surface area contributed by atoms with Gasteiger partial charge >= 0.3 is 0 Å². The molecule has 0 saturated heterocycles. The van der Waals surface area contributed by atoms with E-state index in [1.807, 2.05) is 6.92 Å². The van der Waals surface area contributed by atoms with Gasteiger partial charge in [0, 0.05) is 64.9 Å². The van der Waals surface area contributed by atoms with Crippen molar-refractivity contribution < 1.29 is 4.79 Å². The van der Waals surface area contributed by atoms with Crippen molar-refractivity contribution in [2.24, 2.45) is 0 Å². The summed E-state index contributed by atoms with van der Waals surface area (Å²) in [4.78, 5) is 10.3. The SMILES string of the molecule is CCCC(=O)NC.[K]. The molecule has 1 radical (unpaired) electrons. The van der Waals surface area contributed by atoms with E-state index in [4.69, 9.17) is 0 Å². The monoisotopic (exact) mass is 140 g/mol. The van der Waals surface area contributed by atoms with E-state index in [0.717, 1.165) is 6.42 Å². The minimum absolute atomic E-state index is 0. The van der Waals surface area contributed by atoms with Crippen molar-refractivity contribution in [1.29, 1.82) is 0 Å². The van der Waals surface area contributed by atoms with E-state index >= 15 is 0 Å². The van der Waals surface area contributed by atoms with Crippen LogP contribution in [0.25, 0.3) is 0 Å². The Labute approximate surface area is 92.8 Å². The molecule has 1 amide bonds. The predicted octanol–water partition coefficient (Wildman–Crippen LogP) is 0.152. The van der Waals surface area contributed by atoms with E-state index in [2.05, 4.69) is 5.32 Å². The van der Waals surface area contributed by atoms with Crippen molar-refractivity contribution in [3.63, 3.8) is 0 Å². The second-order valence-corrected chi connectivity index (χ2v) is 1.42. The Kier molecular flexibility index (Phi) is 12.0. The summed E-state index contributed by atoms with van der Waals surface area (Å²) < 4.78 is 0. The molecule has 0 rings (SSSR count). The van der Waals surface area contributed by atoms with Crippen LogP contribution in [0.4, 0.5) is 0 Å². The number of hydrogen-bond donors (Lipinski definition) is 1. The van der Waals surface area contributed by atoms with E-state index in [9.17, 15) is 4.79 Å². The van der Waals surface area contributed by atoms with Crippen molar-refractivity contribution in [3.05, 3.63) is 0 Å². The van der Waals surface area contributed by atoms with Crippen LogP contribution >= 0.6 is 0 Å². The Bertz CT molecular complexity index is 65.4. The minimum Gasteiger partial charge on any atom is -0.359 e. The molecule has 0 aromatic heterocycles. The summed E-state index contributed by atoms with van der Waals surface area (Å²) in [6.45, 7) is 1.98. The molecule has 0 spiro atoms. The molecule has 0 heterocycles. The summed E-state index contributed by atoms with van der Waals surface area (Å²) >= 11 is 0. The number of amides is 1. The van der Waals surface area contributed by atoms with Gasteiger partial charge in [0.15, 0.2) is 0 Å². The van der Waals surface area contributed by atoms with Crippen LogP contribution < -0.4 is 5.32 Å². The van der Waals surface area contributed by atoms with Gasteiger partial charge in [0.25, 0.3) is 0 Å². The van der Waals surface area contributed by atoms with E-state index < -0.39 is 0 Å². The normalized spacial score (nSPS) is 7.25. The summed E-state index contributed by atoms with van der Waals surface area (Å²) in [6, 6.07) is 0. The van der Waals surface area contributed by atoms with Crippen LogP contribution in [-0.2, 0) is 4.79 Å². The van der Waals surface area contributed by atoms with Gasteiger partial charge in [0.2, 0.25) is 5.91 Å². The third kappa shape index (κ3) is 7.11. The topological polar surface area (TPSA) is 29.1 Å². The van der Waals surface area contributed by atoms with Crippen LogP contribution in [0.2, 0.25) is 0 Å². The van der Waals surface area contributed by atoms with Crippen molar-refractivity contribution in [3.8, 4) is 0 Å². The van der Waals surface area contributed by atoms with Crippen molar-refractivity contribution in [2.75, 3.05) is 7.05 Å². The minimum atomic E-state index is 0. The zero-order valence-electron chi connectivity index (χ0n) is 5.82. The first-order valence-electron chi connectivity index (χ1n) is 2.51. The summed E-state index contributed by atoms with van der Waals surface area (Å²) in [6.07, 6.45) is 1.58. The van der Waals surface area contributed by atoms with Crippen LogP contribution in [0.15, 0.2) is 0 Å². The van der Waals surface area contributed by atoms with Gasteiger partial charge in [-0.05, 0) is 6.42 Å². The first-order valence-corrected chi connectivity index (χ1v) is 2.51. The fraction of sp³-hybridized carbons (Fsp3) is 0.800. The van der Waals surface area contributed by atoms with Crippen LogP contribution in [0.5, 0.6) is 0 Å². The number of carbonyl (C=O) groups excluding carboxylic acids is 1. The molecule has 0 aromatic rings. The second-order valence-electron chi connectivity index (χ2n) is 1.42. The van der Waals surface area contributed by atoms with E-state index in [1.54, 1.807) is 7.05 Å². The number of hydrogen-bond acceptors (Lipinski definition) is 1. The molecule has 2 nitrogen and oxygen atoms in total. The molecule has 0 unspecified atom stereocenters. The molecule has 0 aliphatic carbocycles. The van der Waals surface area contributed by atoms with E-state index in [0.29, 0.717) is 6.42 Å². The zero-order valence-corrected chi connectivity index (χ0v) is 8.95. The maximum Gasteiger partial charge on any atom is 0.219 e. The van der Waals surface area contributed by atoms with Gasteiger partial charge in [-0.1, -0.05) is 6.92 Å². The van der Waals surface area contributed by atoms with Crippen LogP contribution in [0.3, 0.4) is 0 Å². The molecule has 0 bridgehead atoms. The predicted molar refractivity (Wildman–Crippen MR) is 34.7 cm³/mol. The van der Waals surface area contributed by atoms with Gasteiger partial charge in [-0.3, -0.25) is 4.79 Å². The molecule has 1 N–H and O–H groups in total. The molecule has 0 fully saturated rings. The Morgan fingerprint density at radius 1 is 1.62 bits per heavy atom. The molecule has 8 heavy (non-hydrogen) atoms. The molecular weight excluding hydrogens is 129 g/mol. The standard InChI is InChI=1S/C5H11NO.K/c1-3-4-5(7)6-2;/h3-4H2,1-2H3,(H,6,7);. The first kappa shape index (κ1) is 11.8. The fourth-order valence-corrected chi connectivity index (χ4v) is 0.352. The summed E-state index contributed by atoms with van der Waals surface area (Å²) in [5.41, 5.74) is 0. The quantitative estimate of drug-likeness (QED) is 0.544. The summed E-state index contributed by atoms with van der Waals surface area (Å²) in [5, 5.41) is 2.53. The van der Waals surface area contributed by atoms with Gasteiger partial charge in [-0.15, -0.1) is 0 Å². The van der Waals surface area contributed by atoms with Gasteiger partial charge < -0.3 is 5.32 Å². The molecule has 0 atom stereocenters. The van der Waals surface area contributed by atoms with Gasteiger partial charge in [-0.25, -0.2) is 0 Å². The van der Waals surface area contributed by atoms with Gasteiger partial charge in [0.1, 0.15) is 0 Å². The number of carbonyl (C=O) groups is 1. The number of nitrogens with one attached hydrogen (secondary N) is 1. The third-order valence-corrected chi connectivity index (χ3v) is 0.756. The largest absolute Gasteiger partial charge is 0.359 e. The molecule has 0 saturated carbocycles.